The highest BCUT2D eigenvalue weighted by molar-refractivity contribution is 7.99. The van der Waals surface area contributed by atoms with E-state index in [0.29, 0.717) is 33.0 Å². The Kier molecular flexibility index (Phi) is 6.24. The molecule has 2 aromatic heterocycles. The fourth-order valence-electron chi connectivity index (χ4n) is 2.90. The van der Waals surface area contributed by atoms with Gasteiger partial charge in [0.1, 0.15) is 5.39 Å². The van der Waals surface area contributed by atoms with Crippen molar-refractivity contribution in [2.45, 2.75) is 5.16 Å². The van der Waals surface area contributed by atoms with E-state index in [1.54, 1.807) is 48.5 Å². The van der Waals surface area contributed by atoms with Gasteiger partial charge < -0.3 is 15.0 Å². The highest BCUT2D eigenvalue weighted by Gasteiger charge is 2.13. The fourth-order valence-corrected chi connectivity index (χ4v) is 3.74. The maximum atomic E-state index is 12.4. The molecule has 0 unspecified atom stereocenters. The minimum absolute atomic E-state index is 0.0124. The first kappa shape index (κ1) is 21.6. The predicted molar refractivity (Wildman–Crippen MR) is 122 cm³/mol. The summed E-state index contributed by atoms with van der Waals surface area (Å²) < 4.78 is 6.16. The molecular formula is C21H16ClN5O4S. The van der Waals surface area contributed by atoms with E-state index in [-0.39, 0.29) is 22.4 Å². The molecule has 2 heterocycles. The average molecular weight is 470 g/mol. The van der Waals surface area contributed by atoms with Gasteiger partial charge in [-0.3, -0.25) is 9.59 Å². The number of aromatic amines is 1. The molecule has 0 saturated heterocycles. The van der Waals surface area contributed by atoms with E-state index in [0.717, 1.165) is 11.8 Å². The van der Waals surface area contributed by atoms with E-state index in [4.69, 9.17) is 11.6 Å². The van der Waals surface area contributed by atoms with Gasteiger partial charge in [0, 0.05) is 10.7 Å². The molecule has 4 aromatic rings. The Labute approximate surface area is 190 Å². The Morgan fingerprint density at radius 1 is 1.22 bits per heavy atom. The van der Waals surface area contributed by atoms with Gasteiger partial charge in [-0.25, -0.2) is 14.5 Å². The molecule has 32 heavy (non-hydrogen) atoms. The zero-order chi connectivity index (χ0) is 22.7. The first-order valence-electron chi connectivity index (χ1n) is 9.29. The van der Waals surface area contributed by atoms with Crippen LogP contribution >= 0.6 is 23.4 Å². The molecule has 0 atom stereocenters. The molecule has 162 valence electrons. The standard InChI is InChI=1S/C21H16ClN5O4S/c1-31-20(30)12-5-7-14(8-6-12)24-17(28)11-32-21-25-18-16(19(29)26-21)10-23-27(18)15-4-2-3-13(22)9-15/h2-10H,11H2,1H3,(H,24,28)(H,25,26,29). The van der Waals surface area contributed by atoms with Crippen LogP contribution < -0.4 is 10.9 Å². The number of aromatic nitrogens is 4. The zero-order valence-electron chi connectivity index (χ0n) is 16.7. The third-order valence-electron chi connectivity index (χ3n) is 4.40. The Balaban J connectivity index is 1.48. The number of hydrogen-bond acceptors (Lipinski definition) is 7. The number of nitrogens with zero attached hydrogens (tertiary/aromatic N) is 3. The Morgan fingerprint density at radius 3 is 2.72 bits per heavy atom. The van der Waals surface area contributed by atoms with Gasteiger partial charge in [0.15, 0.2) is 10.8 Å². The maximum absolute atomic E-state index is 12.4. The van der Waals surface area contributed by atoms with Crippen LogP contribution in [0.5, 0.6) is 0 Å². The van der Waals surface area contributed by atoms with Crippen LogP contribution in [0.25, 0.3) is 16.7 Å². The van der Waals surface area contributed by atoms with Crippen LogP contribution in [0.15, 0.2) is 64.7 Å². The highest BCUT2D eigenvalue weighted by atomic mass is 35.5. The summed E-state index contributed by atoms with van der Waals surface area (Å²) in [5.41, 5.74) is 1.57. The molecule has 0 bridgehead atoms. The summed E-state index contributed by atoms with van der Waals surface area (Å²) >= 11 is 7.14. The van der Waals surface area contributed by atoms with Gasteiger partial charge in [-0.05, 0) is 42.5 Å². The predicted octanol–water partition coefficient (Wildman–Crippen LogP) is 3.28. The zero-order valence-corrected chi connectivity index (χ0v) is 18.2. The number of rotatable bonds is 6. The largest absolute Gasteiger partial charge is 0.465 e. The quantitative estimate of drug-likeness (QED) is 0.252. The number of benzene rings is 2. The summed E-state index contributed by atoms with van der Waals surface area (Å²) in [7, 11) is 1.30. The molecule has 0 aliphatic rings. The van der Waals surface area contributed by atoms with Crippen molar-refractivity contribution in [3.8, 4) is 5.69 Å². The summed E-state index contributed by atoms with van der Waals surface area (Å²) in [6.45, 7) is 0. The van der Waals surface area contributed by atoms with Crippen LogP contribution in [0.3, 0.4) is 0 Å². The van der Waals surface area contributed by atoms with Gasteiger partial charge in [-0.1, -0.05) is 29.4 Å². The normalized spacial score (nSPS) is 10.8. The molecule has 0 fully saturated rings. The first-order chi connectivity index (χ1) is 15.4. The van der Waals surface area contributed by atoms with Crippen molar-refractivity contribution < 1.29 is 14.3 Å². The number of amides is 1. The number of halogens is 1. The van der Waals surface area contributed by atoms with E-state index in [1.807, 2.05) is 0 Å². The monoisotopic (exact) mass is 469 g/mol. The number of carbonyl (C=O) groups is 2. The van der Waals surface area contributed by atoms with Crippen LogP contribution in [0, 0.1) is 0 Å². The van der Waals surface area contributed by atoms with Gasteiger partial charge >= 0.3 is 5.97 Å². The fraction of sp³-hybridized carbons (Fsp3) is 0.0952. The van der Waals surface area contributed by atoms with Crippen molar-refractivity contribution in [2.75, 3.05) is 18.2 Å². The topological polar surface area (TPSA) is 119 Å². The van der Waals surface area contributed by atoms with Gasteiger partial charge in [0.05, 0.1) is 30.3 Å². The summed E-state index contributed by atoms with van der Waals surface area (Å²) in [6.07, 6.45) is 1.43. The number of nitrogens with one attached hydrogen (secondary N) is 2. The smallest absolute Gasteiger partial charge is 0.337 e. The van der Waals surface area contributed by atoms with E-state index < -0.39 is 5.97 Å². The number of esters is 1. The second-order valence-corrected chi connectivity index (χ2v) is 7.95. The molecular weight excluding hydrogens is 454 g/mol. The van der Waals surface area contributed by atoms with Gasteiger partial charge in [0.2, 0.25) is 5.91 Å². The molecule has 11 heteroatoms. The van der Waals surface area contributed by atoms with Gasteiger partial charge in [-0.2, -0.15) is 5.10 Å². The van der Waals surface area contributed by atoms with Crippen molar-refractivity contribution in [3.63, 3.8) is 0 Å². The number of anilines is 1. The molecule has 4 rings (SSSR count). The summed E-state index contributed by atoms with van der Waals surface area (Å²) in [5.74, 6) is -0.744. The van der Waals surface area contributed by atoms with Gasteiger partial charge in [-0.15, -0.1) is 0 Å². The number of H-pyrrole nitrogens is 1. The third-order valence-corrected chi connectivity index (χ3v) is 5.51. The van der Waals surface area contributed by atoms with E-state index in [1.165, 1.54) is 18.0 Å². The molecule has 0 aliphatic heterocycles. The average Bonchev–Trinajstić information content (AvgIpc) is 3.22. The van der Waals surface area contributed by atoms with E-state index in [2.05, 4.69) is 25.1 Å². The molecule has 2 aromatic carbocycles. The number of carbonyl (C=O) groups excluding carboxylic acids is 2. The van der Waals surface area contributed by atoms with Crippen LogP contribution in [0.4, 0.5) is 5.69 Å². The molecule has 9 nitrogen and oxygen atoms in total. The first-order valence-corrected chi connectivity index (χ1v) is 10.7. The lowest BCUT2D eigenvalue weighted by molar-refractivity contribution is -0.113. The summed E-state index contributed by atoms with van der Waals surface area (Å²) in [4.78, 5) is 43.3. The number of fused-ring (bicyclic) bond motifs is 1. The second kappa shape index (κ2) is 9.25. The lowest BCUT2D eigenvalue weighted by atomic mass is 10.2. The highest BCUT2D eigenvalue weighted by Crippen LogP contribution is 2.20. The van der Waals surface area contributed by atoms with Gasteiger partial charge in [0.25, 0.3) is 5.56 Å². The number of methoxy groups -OCH3 is 1. The number of hydrogen-bond donors (Lipinski definition) is 2. The van der Waals surface area contributed by atoms with Crippen LogP contribution in [0.1, 0.15) is 10.4 Å². The Hall–Kier alpha value is -3.63. The maximum Gasteiger partial charge on any atom is 0.337 e. The van der Waals surface area contributed by atoms with Crippen LogP contribution in [0.2, 0.25) is 5.02 Å². The molecule has 0 saturated carbocycles. The van der Waals surface area contributed by atoms with E-state index >= 15 is 0 Å². The lowest BCUT2D eigenvalue weighted by Gasteiger charge is -2.07. The number of ether oxygens (including phenoxy) is 1. The van der Waals surface area contributed by atoms with Crippen molar-refractivity contribution in [3.05, 3.63) is 75.7 Å². The summed E-state index contributed by atoms with van der Waals surface area (Å²) in [6, 6.07) is 13.3. The minimum Gasteiger partial charge on any atom is -0.465 e. The molecule has 0 aliphatic carbocycles. The van der Waals surface area contributed by atoms with Crippen molar-refractivity contribution in [2.24, 2.45) is 0 Å². The van der Waals surface area contributed by atoms with Crippen LogP contribution in [-0.4, -0.2) is 44.5 Å². The summed E-state index contributed by atoms with van der Waals surface area (Å²) in [5, 5.41) is 8.10. The lowest BCUT2D eigenvalue weighted by Crippen LogP contribution is -2.16. The molecule has 0 radical (unpaired) electrons. The van der Waals surface area contributed by atoms with E-state index in [9.17, 15) is 14.4 Å². The Morgan fingerprint density at radius 2 is 2.00 bits per heavy atom. The number of thioether (sulfide) groups is 1. The van der Waals surface area contributed by atoms with Crippen molar-refractivity contribution in [1.82, 2.24) is 19.7 Å². The molecule has 1 amide bonds. The molecule has 2 N–H and O–H groups in total. The SMILES string of the molecule is COC(=O)c1ccc(NC(=O)CSc2nc3c(cnn3-c3cccc(Cl)c3)c(=O)[nH]2)cc1. The second-order valence-electron chi connectivity index (χ2n) is 6.55. The molecule has 0 spiro atoms. The Bertz CT molecular complexity index is 1370. The minimum atomic E-state index is -0.458. The third kappa shape index (κ3) is 4.66. The van der Waals surface area contributed by atoms with Crippen LogP contribution in [-0.2, 0) is 9.53 Å². The van der Waals surface area contributed by atoms with Crippen molar-refractivity contribution in [1.29, 1.82) is 0 Å². The van der Waals surface area contributed by atoms with Crippen molar-refractivity contribution >= 4 is 52.0 Å².